The van der Waals surface area contributed by atoms with Gasteiger partial charge in [0, 0.05) is 20.0 Å². The lowest BCUT2D eigenvalue weighted by molar-refractivity contribution is 0.0944. The molecule has 0 saturated heterocycles. The Labute approximate surface area is 122 Å². The third-order valence-electron chi connectivity index (χ3n) is 2.86. The second kappa shape index (κ2) is 6.60. The lowest BCUT2D eigenvalue weighted by atomic mass is 10.2. The molecule has 7 heteroatoms. The molecule has 2 aromatic rings. The monoisotopic (exact) mass is 293 g/mol. The van der Waals surface area contributed by atoms with Gasteiger partial charge in [-0.05, 0) is 19.4 Å². The molecule has 2 heterocycles. The highest BCUT2D eigenvalue weighted by Gasteiger charge is 2.12. The minimum absolute atomic E-state index is 0.0939. The standard InChI is InChI=1S/C13H19N5OS/c1-4-5-10-8-11(18(3)17-10)13(19)14-7-6-12-16-15-9(2)20-12/h8H,4-7H2,1-3H3,(H,14,19). The summed E-state index contributed by atoms with van der Waals surface area (Å²) in [5, 5.41) is 17.1. The van der Waals surface area contributed by atoms with Crippen LogP contribution in [-0.2, 0) is 19.9 Å². The number of carbonyl (C=O) groups is 1. The number of aryl methyl sites for hydroxylation is 3. The summed E-state index contributed by atoms with van der Waals surface area (Å²) in [6.45, 7) is 4.57. The van der Waals surface area contributed by atoms with Crippen molar-refractivity contribution in [3.05, 3.63) is 27.5 Å². The Morgan fingerprint density at radius 2 is 2.20 bits per heavy atom. The molecule has 1 amide bonds. The number of hydrogen-bond donors (Lipinski definition) is 1. The van der Waals surface area contributed by atoms with Crippen molar-refractivity contribution >= 4 is 17.2 Å². The van der Waals surface area contributed by atoms with E-state index >= 15 is 0 Å². The summed E-state index contributed by atoms with van der Waals surface area (Å²) in [5.41, 5.74) is 1.56. The second-order valence-corrected chi connectivity index (χ2v) is 5.88. The van der Waals surface area contributed by atoms with Crippen molar-refractivity contribution in [1.82, 2.24) is 25.3 Å². The van der Waals surface area contributed by atoms with E-state index in [0.717, 1.165) is 28.6 Å². The Morgan fingerprint density at radius 1 is 1.40 bits per heavy atom. The van der Waals surface area contributed by atoms with E-state index in [1.165, 1.54) is 0 Å². The molecule has 0 aliphatic heterocycles. The molecule has 1 N–H and O–H groups in total. The molecular formula is C13H19N5OS. The minimum atomic E-state index is -0.0939. The third kappa shape index (κ3) is 3.63. The van der Waals surface area contributed by atoms with Gasteiger partial charge in [-0.15, -0.1) is 21.5 Å². The van der Waals surface area contributed by atoms with Crippen LogP contribution in [0.2, 0.25) is 0 Å². The van der Waals surface area contributed by atoms with Crippen LogP contribution in [0.1, 0.15) is 39.5 Å². The number of carbonyl (C=O) groups excluding carboxylic acids is 1. The zero-order chi connectivity index (χ0) is 14.5. The fraction of sp³-hybridized carbons (Fsp3) is 0.538. The molecule has 2 aromatic heterocycles. The molecule has 20 heavy (non-hydrogen) atoms. The molecule has 0 saturated carbocycles. The largest absolute Gasteiger partial charge is 0.350 e. The average Bonchev–Trinajstić information content (AvgIpc) is 2.96. The molecule has 0 aromatic carbocycles. The number of aromatic nitrogens is 4. The summed E-state index contributed by atoms with van der Waals surface area (Å²) < 4.78 is 1.63. The Balaban J connectivity index is 1.88. The molecule has 6 nitrogen and oxygen atoms in total. The molecule has 0 bridgehead atoms. The molecule has 0 fully saturated rings. The molecule has 0 spiro atoms. The molecule has 0 atom stereocenters. The van der Waals surface area contributed by atoms with E-state index in [1.807, 2.05) is 13.0 Å². The van der Waals surface area contributed by atoms with Crippen molar-refractivity contribution in [2.24, 2.45) is 7.05 Å². The first-order valence-corrected chi connectivity index (χ1v) is 7.52. The smallest absolute Gasteiger partial charge is 0.269 e. The first-order valence-electron chi connectivity index (χ1n) is 6.70. The van der Waals surface area contributed by atoms with Crippen molar-refractivity contribution in [3.63, 3.8) is 0 Å². The zero-order valence-corrected chi connectivity index (χ0v) is 12.8. The molecule has 0 radical (unpaired) electrons. The van der Waals surface area contributed by atoms with E-state index in [9.17, 15) is 4.79 Å². The topological polar surface area (TPSA) is 72.7 Å². The predicted molar refractivity (Wildman–Crippen MR) is 77.9 cm³/mol. The Morgan fingerprint density at radius 3 is 2.85 bits per heavy atom. The quantitative estimate of drug-likeness (QED) is 0.876. The summed E-state index contributed by atoms with van der Waals surface area (Å²) in [7, 11) is 1.79. The van der Waals surface area contributed by atoms with Crippen molar-refractivity contribution < 1.29 is 4.79 Å². The summed E-state index contributed by atoms with van der Waals surface area (Å²) in [4.78, 5) is 12.1. The maximum absolute atomic E-state index is 12.1. The fourth-order valence-electron chi connectivity index (χ4n) is 1.93. The number of rotatable bonds is 6. The van der Waals surface area contributed by atoms with Crippen LogP contribution >= 0.6 is 11.3 Å². The van der Waals surface area contributed by atoms with E-state index < -0.39 is 0 Å². The third-order valence-corrected chi connectivity index (χ3v) is 3.76. The Kier molecular flexibility index (Phi) is 4.84. The first-order chi connectivity index (χ1) is 9.60. The summed E-state index contributed by atoms with van der Waals surface area (Å²) in [6, 6.07) is 1.86. The Bertz CT molecular complexity index is 589. The highest BCUT2D eigenvalue weighted by Crippen LogP contribution is 2.08. The predicted octanol–water partition coefficient (Wildman–Crippen LogP) is 1.51. The van der Waals surface area contributed by atoms with Gasteiger partial charge in [-0.25, -0.2) is 0 Å². The van der Waals surface area contributed by atoms with E-state index in [0.29, 0.717) is 18.7 Å². The Hall–Kier alpha value is -1.76. The molecule has 0 unspecified atom stereocenters. The van der Waals surface area contributed by atoms with E-state index in [2.05, 4.69) is 27.5 Å². The number of nitrogens with zero attached hydrogens (tertiary/aromatic N) is 4. The SMILES string of the molecule is CCCc1cc(C(=O)NCCc2nnc(C)s2)n(C)n1. The van der Waals surface area contributed by atoms with Gasteiger partial charge in [-0.2, -0.15) is 5.10 Å². The van der Waals surface area contributed by atoms with Gasteiger partial charge < -0.3 is 5.32 Å². The van der Waals surface area contributed by atoms with Gasteiger partial charge in [-0.1, -0.05) is 13.3 Å². The van der Waals surface area contributed by atoms with Crippen molar-refractivity contribution in [3.8, 4) is 0 Å². The van der Waals surface area contributed by atoms with Gasteiger partial charge in [0.05, 0.1) is 5.69 Å². The first kappa shape index (κ1) is 14.6. The molecule has 0 aliphatic carbocycles. The van der Waals surface area contributed by atoms with Crippen LogP contribution in [0.5, 0.6) is 0 Å². The van der Waals surface area contributed by atoms with Gasteiger partial charge in [-0.3, -0.25) is 9.48 Å². The lowest BCUT2D eigenvalue weighted by Gasteiger charge is -2.03. The van der Waals surface area contributed by atoms with E-state index in [4.69, 9.17) is 0 Å². The number of amides is 1. The lowest BCUT2D eigenvalue weighted by Crippen LogP contribution is -2.27. The summed E-state index contributed by atoms with van der Waals surface area (Å²) in [6.07, 6.45) is 2.62. The summed E-state index contributed by atoms with van der Waals surface area (Å²) >= 11 is 1.56. The van der Waals surface area contributed by atoms with Gasteiger partial charge in [0.2, 0.25) is 0 Å². The normalized spacial score (nSPS) is 10.8. The van der Waals surface area contributed by atoms with Crippen LogP contribution in [-0.4, -0.2) is 32.4 Å². The van der Waals surface area contributed by atoms with Crippen LogP contribution in [0, 0.1) is 6.92 Å². The molecule has 108 valence electrons. The van der Waals surface area contributed by atoms with Gasteiger partial charge in [0.1, 0.15) is 15.7 Å². The van der Waals surface area contributed by atoms with Crippen LogP contribution < -0.4 is 5.32 Å². The highest BCUT2D eigenvalue weighted by atomic mass is 32.1. The fourth-order valence-corrected chi connectivity index (χ4v) is 2.64. The molecule has 2 rings (SSSR count). The highest BCUT2D eigenvalue weighted by molar-refractivity contribution is 7.11. The number of hydrogen-bond acceptors (Lipinski definition) is 5. The van der Waals surface area contributed by atoms with Gasteiger partial charge in [0.25, 0.3) is 5.91 Å². The van der Waals surface area contributed by atoms with Crippen LogP contribution in [0.15, 0.2) is 6.07 Å². The van der Waals surface area contributed by atoms with Crippen LogP contribution in [0.4, 0.5) is 0 Å². The van der Waals surface area contributed by atoms with Crippen LogP contribution in [0.3, 0.4) is 0 Å². The van der Waals surface area contributed by atoms with Gasteiger partial charge >= 0.3 is 0 Å². The molecule has 0 aliphatic rings. The minimum Gasteiger partial charge on any atom is -0.350 e. The number of nitrogens with one attached hydrogen (secondary N) is 1. The average molecular weight is 293 g/mol. The van der Waals surface area contributed by atoms with E-state index in [1.54, 1.807) is 23.1 Å². The van der Waals surface area contributed by atoms with Crippen LogP contribution in [0.25, 0.3) is 0 Å². The van der Waals surface area contributed by atoms with Gasteiger partial charge in [0.15, 0.2) is 0 Å². The molecular weight excluding hydrogens is 274 g/mol. The zero-order valence-electron chi connectivity index (χ0n) is 12.0. The maximum Gasteiger partial charge on any atom is 0.269 e. The van der Waals surface area contributed by atoms with Crippen molar-refractivity contribution in [1.29, 1.82) is 0 Å². The second-order valence-electron chi connectivity index (χ2n) is 4.62. The van der Waals surface area contributed by atoms with Crippen molar-refractivity contribution in [2.75, 3.05) is 6.54 Å². The summed E-state index contributed by atoms with van der Waals surface area (Å²) in [5.74, 6) is -0.0939. The van der Waals surface area contributed by atoms with E-state index in [-0.39, 0.29) is 5.91 Å². The van der Waals surface area contributed by atoms with Crippen molar-refractivity contribution in [2.45, 2.75) is 33.1 Å². The maximum atomic E-state index is 12.1.